The van der Waals surface area contributed by atoms with Gasteiger partial charge in [-0.2, -0.15) is 9.40 Å². The Kier molecular flexibility index (Phi) is 4.88. The second-order valence-corrected chi connectivity index (χ2v) is 8.43. The smallest absolute Gasteiger partial charge is 0.357 e. The van der Waals surface area contributed by atoms with Gasteiger partial charge >= 0.3 is 5.97 Å². The molecule has 1 N–H and O–H groups in total. The molecular formula is C19H19N3O5S. The van der Waals surface area contributed by atoms with Crippen molar-refractivity contribution in [2.24, 2.45) is 0 Å². The van der Waals surface area contributed by atoms with Crippen LogP contribution in [0.3, 0.4) is 0 Å². The highest BCUT2D eigenvalue weighted by molar-refractivity contribution is 7.89. The molecule has 0 atom stereocenters. The molecule has 8 nitrogen and oxygen atoms in total. The van der Waals surface area contributed by atoms with E-state index in [1.54, 1.807) is 41.1 Å². The Morgan fingerprint density at radius 1 is 1.07 bits per heavy atom. The molecule has 1 aliphatic heterocycles. The molecule has 0 aliphatic carbocycles. The van der Waals surface area contributed by atoms with Gasteiger partial charge in [0.1, 0.15) is 0 Å². The second-order valence-electron chi connectivity index (χ2n) is 6.49. The number of nitrogens with zero attached hydrogens (tertiary/aromatic N) is 3. The largest absolute Gasteiger partial charge is 0.476 e. The lowest BCUT2D eigenvalue weighted by atomic mass is 10.2. The van der Waals surface area contributed by atoms with Gasteiger partial charge in [0.25, 0.3) is 0 Å². The number of aromatic carboxylic acids is 1. The van der Waals surface area contributed by atoms with Crippen molar-refractivity contribution in [1.82, 2.24) is 14.1 Å². The maximum absolute atomic E-state index is 12.7. The van der Waals surface area contributed by atoms with E-state index in [1.807, 2.05) is 12.1 Å². The van der Waals surface area contributed by atoms with Crippen LogP contribution in [0.2, 0.25) is 0 Å². The third-order valence-electron chi connectivity index (χ3n) is 4.72. The molecule has 3 aromatic rings. The summed E-state index contributed by atoms with van der Waals surface area (Å²) in [6, 6.07) is 13.7. The standard InChI is InChI=1S/C19H19N3O5S/c23-19(24)18-16-3-1-2-4-17(16)22(20-18)13-14-5-7-15(8-6-14)28(25,26)21-9-11-27-12-10-21/h1-8H,9-13H2,(H,23,24). The minimum atomic E-state index is -3.54. The molecule has 28 heavy (non-hydrogen) atoms. The zero-order chi connectivity index (χ0) is 19.7. The maximum Gasteiger partial charge on any atom is 0.357 e. The van der Waals surface area contributed by atoms with Crippen molar-refractivity contribution in [1.29, 1.82) is 0 Å². The number of hydrogen-bond acceptors (Lipinski definition) is 5. The molecule has 0 saturated carbocycles. The number of hydrogen-bond donors (Lipinski definition) is 1. The van der Waals surface area contributed by atoms with Gasteiger partial charge < -0.3 is 9.84 Å². The van der Waals surface area contributed by atoms with Gasteiger partial charge in [-0.05, 0) is 23.8 Å². The number of carboxylic acids is 1. The summed E-state index contributed by atoms with van der Waals surface area (Å²) in [5, 5.41) is 14.1. The minimum Gasteiger partial charge on any atom is -0.476 e. The number of para-hydroxylation sites is 1. The summed E-state index contributed by atoms with van der Waals surface area (Å²) in [6.45, 7) is 1.83. The average Bonchev–Trinajstić information content (AvgIpc) is 3.08. The Balaban J connectivity index is 1.60. The quantitative estimate of drug-likeness (QED) is 0.700. The number of carbonyl (C=O) groups is 1. The van der Waals surface area contributed by atoms with Crippen LogP contribution >= 0.6 is 0 Å². The number of sulfonamides is 1. The molecule has 0 amide bonds. The lowest BCUT2D eigenvalue weighted by Crippen LogP contribution is -2.40. The summed E-state index contributed by atoms with van der Waals surface area (Å²) < 4.78 is 33.6. The van der Waals surface area contributed by atoms with Crippen LogP contribution in [0.15, 0.2) is 53.4 Å². The van der Waals surface area contributed by atoms with Gasteiger partial charge in [-0.3, -0.25) is 4.68 Å². The first kappa shape index (κ1) is 18.6. The molecule has 1 aliphatic rings. The molecule has 1 saturated heterocycles. The van der Waals surface area contributed by atoms with Gasteiger partial charge in [0.15, 0.2) is 5.69 Å². The number of fused-ring (bicyclic) bond motifs is 1. The molecule has 4 rings (SSSR count). The topological polar surface area (TPSA) is 102 Å². The van der Waals surface area contributed by atoms with Crippen molar-refractivity contribution in [3.8, 4) is 0 Å². The summed E-state index contributed by atoms with van der Waals surface area (Å²) in [4.78, 5) is 11.7. The number of ether oxygens (including phenoxy) is 1. The van der Waals surface area contributed by atoms with Crippen molar-refractivity contribution >= 4 is 26.9 Å². The van der Waals surface area contributed by atoms with Crippen LogP contribution in [0, 0.1) is 0 Å². The highest BCUT2D eigenvalue weighted by Gasteiger charge is 2.26. The Hall–Kier alpha value is -2.75. The fraction of sp³-hybridized carbons (Fsp3) is 0.263. The normalized spacial score (nSPS) is 15.7. The van der Waals surface area contributed by atoms with Crippen molar-refractivity contribution in [3.05, 3.63) is 59.8 Å². The number of benzene rings is 2. The van der Waals surface area contributed by atoms with Crippen molar-refractivity contribution in [3.63, 3.8) is 0 Å². The van der Waals surface area contributed by atoms with Gasteiger partial charge in [0, 0.05) is 18.5 Å². The highest BCUT2D eigenvalue weighted by atomic mass is 32.2. The van der Waals surface area contributed by atoms with Crippen LogP contribution in [0.4, 0.5) is 0 Å². The molecule has 2 aromatic carbocycles. The Morgan fingerprint density at radius 2 is 1.75 bits per heavy atom. The summed E-state index contributed by atoms with van der Waals surface area (Å²) >= 11 is 0. The third kappa shape index (κ3) is 3.39. The molecule has 2 heterocycles. The van der Waals surface area contributed by atoms with Gasteiger partial charge in [-0.1, -0.05) is 30.3 Å². The zero-order valence-electron chi connectivity index (χ0n) is 15.0. The fourth-order valence-electron chi connectivity index (χ4n) is 3.28. The van der Waals surface area contributed by atoms with Gasteiger partial charge in [0.2, 0.25) is 10.0 Å². The SMILES string of the molecule is O=C(O)c1nn(Cc2ccc(S(=O)(=O)N3CCOCC3)cc2)c2ccccc12. The number of aromatic nitrogens is 2. The monoisotopic (exact) mass is 401 g/mol. The van der Waals surface area contributed by atoms with Crippen LogP contribution in [-0.4, -0.2) is 59.9 Å². The molecule has 0 bridgehead atoms. The summed E-state index contributed by atoms with van der Waals surface area (Å²) in [5.41, 5.74) is 1.54. The minimum absolute atomic E-state index is 0.00196. The van der Waals surface area contributed by atoms with Crippen LogP contribution in [0.1, 0.15) is 16.1 Å². The molecule has 0 spiro atoms. The van der Waals surface area contributed by atoms with Crippen LogP contribution in [0.25, 0.3) is 10.9 Å². The summed E-state index contributed by atoms with van der Waals surface area (Å²) in [7, 11) is -3.54. The van der Waals surface area contributed by atoms with E-state index < -0.39 is 16.0 Å². The van der Waals surface area contributed by atoms with E-state index in [-0.39, 0.29) is 10.6 Å². The lowest BCUT2D eigenvalue weighted by Gasteiger charge is -2.26. The van der Waals surface area contributed by atoms with E-state index in [1.165, 1.54) is 4.31 Å². The Morgan fingerprint density at radius 3 is 2.43 bits per heavy atom. The fourth-order valence-corrected chi connectivity index (χ4v) is 4.69. The summed E-state index contributed by atoms with van der Waals surface area (Å²) in [6.07, 6.45) is 0. The van der Waals surface area contributed by atoms with Gasteiger partial charge in [-0.15, -0.1) is 0 Å². The van der Waals surface area contributed by atoms with Crippen molar-refractivity contribution < 1.29 is 23.1 Å². The molecule has 0 unspecified atom stereocenters. The first-order valence-electron chi connectivity index (χ1n) is 8.82. The Bertz CT molecular complexity index is 1120. The molecule has 0 radical (unpaired) electrons. The third-order valence-corrected chi connectivity index (χ3v) is 6.64. The van der Waals surface area contributed by atoms with Crippen LogP contribution in [-0.2, 0) is 21.3 Å². The lowest BCUT2D eigenvalue weighted by molar-refractivity contribution is 0.0691. The average molecular weight is 401 g/mol. The molecule has 1 fully saturated rings. The van der Waals surface area contributed by atoms with E-state index in [9.17, 15) is 18.3 Å². The van der Waals surface area contributed by atoms with E-state index in [0.717, 1.165) is 5.56 Å². The van der Waals surface area contributed by atoms with E-state index in [2.05, 4.69) is 5.10 Å². The first-order valence-corrected chi connectivity index (χ1v) is 10.3. The maximum atomic E-state index is 12.7. The van der Waals surface area contributed by atoms with Crippen molar-refractivity contribution in [2.75, 3.05) is 26.3 Å². The molecule has 1 aromatic heterocycles. The zero-order valence-corrected chi connectivity index (χ0v) is 15.8. The van der Waals surface area contributed by atoms with Crippen molar-refractivity contribution in [2.45, 2.75) is 11.4 Å². The van der Waals surface area contributed by atoms with Gasteiger partial charge in [-0.25, -0.2) is 13.2 Å². The van der Waals surface area contributed by atoms with Gasteiger partial charge in [0.05, 0.1) is 30.2 Å². The number of carboxylic acid groups (broad SMARTS) is 1. The first-order chi connectivity index (χ1) is 13.5. The number of morpholine rings is 1. The predicted molar refractivity (Wildman–Crippen MR) is 102 cm³/mol. The summed E-state index contributed by atoms with van der Waals surface area (Å²) in [5.74, 6) is -1.08. The molecule has 9 heteroatoms. The van der Waals surface area contributed by atoms with E-state index >= 15 is 0 Å². The highest BCUT2D eigenvalue weighted by Crippen LogP contribution is 2.21. The number of rotatable bonds is 5. The van der Waals surface area contributed by atoms with E-state index in [0.29, 0.717) is 43.8 Å². The van der Waals surface area contributed by atoms with Crippen LogP contribution in [0.5, 0.6) is 0 Å². The molecular weight excluding hydrogens is 382 g/mol. The Labute approximate surface area is 162 Å². The van der Waals surface area contributed by atoms with Crippen LogP contribution < -0.4 is 0 Å². The molecule has 146 valence electrons. The predicted octanol–water partition coefficient (Wildman–Crippen LogP) is 1.80. The van der Waals surface area contributed by atoms with E-state index in [4.69, 9.17) is 4.74 Å². The second kappa shape index (κ2) is 7.34.